The Balaban J connectivity index is 1.34. The average molecular weight is 610 g/mol. The number of nitrogens with one attached hydrogen (secondary N) is 2. The second kappa shape index (κ2) is 15.4. The van der Waals surface area contributed by atoms with Crippen LogP contribution in [0, 0.1) is 23.7 Å². The highest BCUT2D eigenvalue weighted by atomic mass is 32.2. The minimum Gasteiger partial charge on any atom is -0.468 e. The molecule has 0 bridgehead atoms. The van der Waals surface area contributed by atoms with Crippen LogP contribution < -0.4 is 10.0 Å². The van der Waals surface area contributed by atoms with Crippen LogP contribution in [0.1, 0.15) is 62.6 Å². The number of nitrogens with zero attached hydrogens (tertiary/aromatic N) is 1. The normalized spacial score (nSPS) is 20.7. The second-order valence-corrected chi connectivity index (χ2v) is 13.3. The fourth-order valence-electron chi connectivity index (χ4n) is 5.74. The highest BCUT2D eigenvalue weighted by Gasteiger charge is 2.36. The van der Waals surface area contributed by atoms with Gasteiger partial charge in [0, 0.05) is 36.7 Å². The molecule has 1 atom stereocenters. The first-order chi connectivity index (χ1) is 20.7. The fourth-order valence-corrected chi connectivity index (χ4v) is 7.07. The number of carbonyl (C=O) groups is 2. The number of ether oxygens (including phenoxy) is 2. The third kappa shape index (κ3) is 8.82. The topological polar surface area (TPSA) is 114 Å². The Morgan fingerprint density at radius 2 is 1.86 bits per heavy atom. The third-order valence-electron chi connectivity index (χ3n) is 8.28. The Labute approximate surface area is 255 Å². The van der Waals surface area contributed by atoms with Crippen LogP contribution >= 0.6 is 0 Å². The van der Waals surface area contributed by atoms with Crippen LogP contribution in [0.3, 0.4) is 0 Å². The molecule has 1 aliphatic heterocycles. The molecular weight excluding hydrogens is 566 g/mol. The first-order valence-corrected chi connectivity index (χ1v) is 16.6. The Morgan fingerprint density at radius 1 is 1.12 bits per heavy atom. The Hall–Kier alpha value is -3.39. The lowest BCUT2D eigenvalue weighted by atomic mass is 9.85. The van der Waals surface area contributed by atoms with E-state index >= 15 is 0 Å². The highest BCUT2D eigenvalue weighted by molar-refractivity contribution is 7.89. The Bertz CT molecular complexity index is 1410. The molecule has 232 valence electrons. The van der Waals surface area contributed by atoms with Crippen LogP contribution in [0.2, 0.25) is 0 Å². The van der Waals surface area contributed by atoms with E-state index in [0.717, 1.165) is 24.0 Å². The summed E-state index contributed by atoms with van der Waals surface area (Å²) in [6, 6.07) is 12.7. The summed E-state index contributed by atoms with van der Waals surface area (Å²) in [6.07, 6.45) is 4.15. The minimum absolute atomic E-state index is 0.0759. The average Bonchev–Trinajstić information content (AvgIpc) is 3.02. The molecular formula is C33H43N3O6S. The van der Waals surface area contributed by atoms with Crippen LogP contribution in [-0.2, 0) is 35.5 Å². The smallest absolute Gasteiger partial charge is 0.293 e. The largest absolute Gasteiger partial charge is 0.468 e. The monoisotopic (exact) mass is 609 g/mol. The summed E-state index contributed by atoms with van der Waals surface area (Å²) in [7, 11) is -2.01. The lowest BCUT2D eigenvalue weighted by molar-refractivity contribution is -0.147. The maximum absolute atomic E-state index is 13.3. The summed E-state index contributed by atoms with van der Waals surface area (Å²) in [6.45, 7) is 6.85. The van der Waals surface area contributed by atoms with Crippen LogP contribution in [0.4, 0.5) is 5.69 Å². The van der Waals surface area contributed by atoms with Crippen molar-refractivity contribution in [3.63, 3.8) is 0 Å². The number of sulfonamides is 1. The maximum Gasteiger partial charge on any atom is 0.293 e. The standard InChI is InChI=1S/C33H43N3O6S/c1-24(2)32-22-41-20-18-36(32)33(38)28-12-15-29(16-13-28)35-43(39,40)30-17-14-27(31(21-30)34-3)11-10-26-8-6-25(7-9-26)5-4-19-42-23-37/h6-9,14,17,21,23-24,28-29,32,34-35H,4-5,12-13,15-16,18-20,22H2,1-3H3/t28-,29-,32-/m1/s1. The zero-order valence-electron chi connectivity index (χ0n) is 25.3. The number of morpholine rings is 1. The maximum atomic E-state index is 13.3. The van der Waals surface area contributed by atoms with E-state index in [2.05, 4.69) is 35.7 Å². The van der Waals surface area contributed by atoms with Gasteiger partial charge in [-0.3, -0.25) is 9.59 Å². The summed E-state index contributed by atoms with van der Waals surface area (Å²) in [5.41, 5.74) is 3.30. The lowest BCUT2D eigenvalue weighted by Gasteiger charge is -2.41. The molecule has 0 unspecified atom stereocenters. The number of rotatable bonds is 11. The van der Waals surface area contributed by atoms with Crippen LogP contribution in [-0.4, -0.2) is 71.2 Å². The lowest BCUT2D eigenvalue weighted by Crippen LogP contribution is -2.53. The molecule has 1 amide bonds. The predicted octanol–water partition coefficient (Wildman–Crippen LogP) is 3.95. The van der Waals surface area contributed by atoms with Crippen LogP contribution in [0.5, 0.6) is 0 Å². The number of anilines is 1. The summed E-state index contributed by atoms with van der Waals surface area (Å²) in [5, 5.41) is 3.07. The molecule has 0 spiro atoms. The van der Waals surface area contributed by atoms with E-state index < -0.39 is 10.0 Å². The van der Waals surface area contributed by atoms with Crippen molar-refractivity contribution in [2.75, 3.05) is 38.7 Å². The SMILES string of the molecule is CNc1cc(S(=O)(=O)N[C@H]2CC[C@H](C(=O)N3CCOC[C@@H]3C(C)C)CC2)ccc1C#Cc1ccc(CCCOC=O)cc1. The van der Waals surface area contributed by atoms with Gasteiger partial charge in [0.05, 0.1) is 36.4 Å². The van der Waals surface area contributed by atoms with Gasteiger partial charge in [-0.05, 0) is 80.3 Å². The molecule has 9 nitrogen and oxygen atoms in total. The van der Waals surface area contributed by atoms with Crippen molar-refractivity contribution in [2.45, 2.75) is 69.4 Å². The van der Waals surface area contributed by atoms with Crippen molar-refractivity contribution in [1.29, 1.82) is 0 Å². The molecule has 2 fully saturated rings. The Morgan fingerprint density at radius 3 is 2.53 bits per heavy atom. The first-order valence-electron chi connectivity index (χ1n) is 15.1. The molecule has 1 heterocycles. The van der Waals surface area contributed by atoms with Crippen molar-refractivity contribution in [1.82, 2.24) is 9.62 Å². The van der Waals surface area contributed by atoms with Gasteiger partial charge in [-0.25, -0.2) is 13.1 Å². The van der Waals surface area contributed by atoms with E-state index in [-0.39, 0.29) is 28.8 Å². The second-order valence-electron chi connectivity index (χ2n) is 11.6. The zero-order chi connectivity index (χ0) is 30.8. The predicted molar refractivity (Wildman–Crippen MR) is 166 cm³/mol. The van der Waals surface area contributed by atoms with E-state index in [9.17, 15) is 18.0 Å². The fraction of sp³-hybridized carbons (Fsp3) is 0.515. The highest BCUT2D eigenvalue weighted by Crippen LogP contribution is 2.30. The van der Waals surface area contributed by atoms with E-state index in [1.54, 1.807) is 25.2 Å². The summed E-state index contributed by atoms with van der Waals surface area (Å²) in [4.78, 5) is 25.7. The molecule has 2 aromatic carbocycles. The van der Waals surface area contributed by atoms with E-state index in [1.165, 1.54) is 0 Å². The molecule has 10 heteroatoms. The van der Waals surface area contributed by atoms with Crippen molar-refractivity contribution in [3.05, 3.63) is 59.2 Å². The van der Waals surface area contributed by atoms with E-state index in [4.69, 9.17) is 9.47 Å². The van der Waals surface area contributed by atoms with Gasteiger partial charge in [-0.2, -0.15) is 0 Å². The molecule has 1 saturated carbocycles. The van der Waals surface area contributed by atoms with Gasteiger partial charge in [0.1, 0.15) is 0 Å². The molecule has 0 radical (unpaired) electrons. The van der Waals surface area contributed by atoms with Gasteiger partial charge in [0.2, 0.25) is 15.9 Å². The summed E-state index contributed by atoms with van der Waals surface area (Å²) >= 11 is 0. The molecule has 1 saturated heterocycles. The molecule has 1 aliphatic carbocycles. The van der Waals surface area contributed by atoms with Gasteiger partial charge >= 0.3 is 0 Å². The molecule has 2 aliphatic rings. The van der Waals surface area contributed by atoms with Gasteiger partial charge < -0.3 is 19.7 Å². The number of aryl methyl sites for hydroxylation is 1. The van der Waals surface area contributed by atoms with Crippen molar-refractivity contribution >= 4 is 28.1 Å². The van der Waals surface area contributed by atoms with E-state index in [1.807, 2.05) is 29.2 Å². The quantitative estimate of drug-likeness (QED) is 0.225. The molecule has 2 N–H and O–H groups in total. The number of amides is 1. The van der Waals surface area contributed by atoms with Crippen LogP contribution in [0.15, 0.2) is 47.4 Å². The minimum atomic E-state index is -3.75. The Kier molecular flexibility index (Phi) is 11.6. The molecule has 2 aromatic rings. The summed E-state index contributed by atoms with van der Waals surface area (Å²) in [5.74, 6) is 6.71. The zero-order valence-corrected chi connectivity index (χ0v) is 26.1. The van der Waals surface area contributed by atoms with Crippen molar-refractivity contribution in [2.24, 2.45) is 11.8 Å². The van der Waals surface area contributed by atoms with Crippen molar-refractivity contribution < 1.29 is 27.5 Å². The molecule has 4 rings (SSSR count). The number of hydrogen-bond donors (Lipinski definition) is 2. The molecule has 0 aromatic heterocycles. The van der Waals surface area contributed by atoms with Crippen LogP contribution in [0.25, 0.3) is 0 Å². The molecule has 43 heavy (non-hydrogen) atoms. The van der Waals surface area contributed by atoms with Gasteiger partial charge in [0.25, 0.3) is 6.47 Å². The van der Waals surface area contributed by atoms with Gasteiger partial charge in [-0.1, -0.05) is 37.8 Å². The van der Waals surface area contributed by atoms with E-state index in [0.29, 0.717) is 75.7 Å². The third-order valence-corrected chi connectivity index (χ3v) is 9.80. The number of hydrogen-bond acceptors (Lipinski definition) is 7. The van der Waals surface area contributed by atoms with Gasteiger partial charge in [0.15, 0.2) is 0 Å². The number of carbonyl (C=O) groups excluding carboxylic acids is 2. The number of benzene rings is 2. The summed E-state index contributed by atoms with van der Waals surface area (Å²) < 4.78 is 39.8. The first kappa shape index (κ1) is 32.5. The van der Waals surface area contributed by atoms with Crippen molar-refractivity contribution in [3.8, 4) is 11.8 Å². The van der Waals surface area contributed by atoms with Gasteiger partial charge in [-0.15, -0.1) is 0 Å².